The molecule has 0 atom stereocenters. The molecule has 0 fully saturated rings. The van der Waals surface area contributed by atoms with Gasteiger partial charge in [0, 0.05) is 0 Å². The molecule has 0 heterocycles. The zero-order valence-corrected chi connectivity index (χ0v) is 19.1. The van der Waals surface area contributed by atoms with E-state index in [1.807, 2.05) is 13.8 Å². The molecule has 8 heteroatoms. The minimum Gasteiger partial charge on any atom is -0.497 e. The number of rotatable bonds is 9. The highest BCUT2D eigenvalue weighted by molar-refractivity contribution is 7.92. The highest BCUT2D eigenvalue weighted by Gasteiger charge is 2.27. The summed E-state index contributed by atoms with van der Waals surface area (Å²) in [7, 11) is -2.47. The fourth-order valence-corrected chi connectivity index (χ4v) is 4.49. The van der Waals surface area contributed by atoms with Gasteiger partial charge in [0.1, 0.15) is 18.0 Å². The van der Waals surface area contributed by atoms with E-state index in [0.717, 1.165) is 9.87 Å². The SMILES string of the molecule is CCOc1ccccc1NC(=O)CN(c1ccc(OC)cc1)S(=O)(=O)c1ccc(C)cc1. The summed E-state index contributed by atoms with van der Waals surface area (Å²) in [6, 6.07) is 20.0. The summed E-state index contributed by atoms with van der Waals surface area (Å²) in [5.41, 5.74) is 1.76. The highest BCUT2D eigenvalue weighted by Crippen LogP contribution is 2.27. The molecular formula is C24H26N2O5S. The minimum absolute atomic E-state index is 0.0986. The lowest BCUT2D eigenvalue weighted by molar-refractivity contribution is -0.114. The van der Waals surface area contributed by atoms with Crippen LogP contribution in [0.4, 0.5) is 11.4 Å². The van der Waals surface area contributed by atoms with Crippen LogP contribution in [0.25, 0.3) is 0 Å². The lowest BCUT2D eigenvalue weighted by Gasteiger charge is -2.24. The number of sulfonamides is 1. The van der Waals surface area contributed by atoms with Crippen molar-refractivity contribution < 1.29 is 22.7 Å². The molecule has 0 bridgehead atoms. The van der Waals surface area contributed by atoms with E-state index in [1.54, 1.807) is 60.7 Å². The van der Waals surface area contributed by atoms with Crippen molar-refractivity contribution in [2.45, 2.75) is 18.7 Å². The standard InChI is InChI=1S/C24H26N2O5S/c1-4-31-23-8-6-5-7-22(23)25-24(27)17-26(19-11-13-20(30-3)14-12-19)32(28,29)21-15-9-18(2)10-16-21/h5-16H,4,17H2,1-3H3,(H,25,27). The molecule has 1 amide bonds. The average Bonchev–Trinajstić information content (AvgIpc) is 2.79. The quantitative estimate of drug-likeness (QED) is 0.523. The molecule has 0 aromatic heterocycles. The van der Waals surface area contributed by atoms with Gasteiger partial charge in [0.05, 0.1) is 30.0 Å². The number of amides is 1. The zero-order valence-electron chi connectivity index (χ0n) is 18.2. The maximum atomic E-state index is 13.4. The Bertz CT molecular complexity index is 1160. The first-order chi connectivity index (χ1) is 15.3. The van der Waals surface area contributed by atoms with Crippen LogP contribution in [0, 0.1) is 6.92 Å². The van der Waals surface area contributed by atoms with Gasteiger partial charge in [-0.2, -0.15) is 0 Å². The predicted molar refractivity (Wildman–Crippen MR) is 125 cm³/mol. The predicted octanol–water partition coefficient (Wildman–Crippen LogP) is 4.24. The molecule has 0 saturated heterocycles. The first-order valence-corrected chi connectivity index (χ1v) is 11.5. The summed E-state index contributed by atoms with van der Waals surface area (Å²) < 4.78 is 38.7. The number of nitrogens with zero attached hydrogens (tertiary/aromatic N) is 1. The molecule has 3 aromatic carbocycles. The van der Waals surface area contributed by atoms with Crippen LogP contribution in [-0.2, 0) is 14.8 Å². The highest BCUT2D eigenvalue weighted by atomic mass is 32.2. The number of aryl methyl sites for hydroxylation is 1. The van der Waals surface area contributed by atoms with Gasteiger partial charge in [0.25, 0.3) is 10.0 Å². The van der Waals surface area contributed by atoms with Crippen LogP contribution >= 0.6 is 0 Å². The second-order valence-corrected chi connectivity index (χ2v) is 8.86. The Balaban J connectivity index is 1.93. The van der Waals surface area contributed by atoms with E-state index in [2.05, 4.69) is 5.32 Å². The van der Waals surface area contributed by atoms with Gasteiger partial charge in [-0.1, -0.05) is 29.8 Å². The maximum Gasteiger partial charge on any atom is 0.264 e. The van der Waals surface area contributed by atoms with Crippen molar-refractivity contribution in [1.29, 1.82) is 0 Å². The molecule has 1 N–H and O–H groups in total. The Morgan fingerprint density at radius 2 is 1.62 bits per heavy atom. The van der Waals surface area contributed by atoms with E-state index >= 15 is 0 Å². The number of hydrogen-bond donors (Lipinski definition) is 1. The van der Waals surface area contributed by atoms with Gasteiger partial charge in [-0.3, -0.25) is 9.10 Å². The smallest absolute Gasteiger partial charge is 0.264 e. The van der Waals surface area contributed by atoms with Crippen molar-refractivity contribution in [3.8, 4) is 11.5 Å². The van der Waals surface area contributed by atoms with Crippen LogP contribution < -0.4 is 19.1 Å². The molecule has 0 aliphatic heterocycles. The Labute approximate surface area is 188 Å². The lowest BCUT2D eigenvalue weighted by atomic mass is 10.2. The van der Waals surface area contributed by atoms with Gasteiger partial charge in [-0.25, -0.2) is 8.42 Å². The largest absolute Gasteiger partial charge is 0.497 e. The second-order valence-electron chi connectivity index (χ2n) is 7.00. The van der Waals surface area contributed by atoms with Gasteiger partial charge in [-0.05, 0) is 62.4 Å². The minimum atomic E-state index is -4.00. The molecule has 0 saturated carbocycles. The van der Waals surface area contributed by atoms with E-state index in [-0.39, 0.29) is 4.90 Å². The molecule has 7 nitrogen and oxygen atoms in total. The summed E-state index contributed by atoms with van der Waals surface area (Å²) in [5.74, 6) is 0.598. The van der Waals surface area contributed by atoms with Crippen molar-refractivity contribution in [3.05, 3.63) is 78.4 Å². The first kappa shape index (κ1) is 23.1. The summed E-state index contributed by atoms with van der Waals surface area (Å²) in [6.45, 7) is 3.74. The average molecular weight is 455 g/mol. The number of methoxy groups -OCH3 is 1. The summed E-state index contributed by atoms with van der Waals surface area (Å²) in [6.07, 6.45) is 0. The summed E-state index contributed by atoms with van der Waals surface area (Å²) in [4.78, 5) is 13.0. The summed E-state index contributed by atoms with van der Waals surface area (Å²) >= 11 is 0. The van der Waals surface area contributed by atoms with Gasteiger partial charge >= 0.3 is 0 Å². The number of benzene rings is 3. The van der Waals surface area contributed by atoms with Crippen molar-refractivity contribution >= 4 is 27.3 Å². The van der Waals surface area contributed by atoms with Crippen LogP contribution in [0.15, 0.2) is 77.7 Å². The third kappa shape index (κ3) is 5.39. The van der Waals surface area contributed by atoms with Crippen LogP contribution in [0.2, 0.25) is 0 Å². The fourth-order valence-electron chi connectivity index (χ4n) is 3.07. The van der Waals surface area contributed by atoms with Crippen molar-refractivity contribution in [1.82, 2.24) is 0 Å². The molecular weight excluding hydrogens is 428 g/mol. The molecule has 3 aromatic rings. The molecule has 168 valence electrons. The Morgan fingerprint density at radius 3 is 2.25 bits per heavy atom. The van der Waals surface area contributed by atoms with Crippen molar-refractivity contribution in [2.75, 3.05) is 29.9 Å². The topological polar surface area (TPSA) is 84.9 Å². The molecule has 0 spiro atoms. The van der Waals surface area contributed by atoms with Crippen LogP contribution in [-0.4, -0.2) is 34.6 Å². The first-order valence-electron chi connectivity index (χ1n) is 10.1. The van der Waals surface area contributed by atoms with Gasteiger partial charge in [-0.15, -0.1) is 0 Å². The van der Waals surface area contributed by atoms with Crippen LogP contribution in [0.3, 0.4) is 0 Å². The number of nitrogens with one attached hydrogen (secondary N) is 1. The monoisotopic (exact) mass is 454 g/mol. The van der Waals surface area contributed by atoms with Crippen molar-refractivity contribution in [3.63, 3.8) is 0 Å². The number of anilines is 2. The molecule has 32 heavy (non-hydrogen) atoms. The van der Waals surface area contributed by atoms with Crippen LogP contribution in [0.5, 0.6) is 11.5 Å². The fraction of sp³-hybridized carbons (Fsp3) is 0.208. The van der Waals surface area contributed by atoms with E-state index in [0.29, 0.717) is 29.5 Å². The van der Waals surface area contributed by atoms with E-state index in [1.165, 1.54) is 19.2 Å². The van der Waals surface area contributed by atoms with Gasteiger partial charge in [0.15, 0.2) is 0 Å². The normalized spacial score (nSPS) is 11.0. The number of para-hydroxylation sites is 2. The number of ether oxygens (including phenoxy) is 2. The molecule has 0 aliphatic carbocycles. The Kier molecular flexibility index (Phi) is 7.37. The lowest BCUT2D eigenvalue weighted by Crippen LogP contribution is -2.38. The molecule has 0 radical (unpaired) electrons. The van der Waals surface area contributed by atoms with E-state index in [9.17, 15) is 13.2 Å². The van der Waals surface area contributed by atoms with E-state index in [4.69, 9.17) is 9.47 Å². The van der Waals surface area contributed by atoms with Crippen LogP contribution in [0.1, 0.15) is 12.5 Å². The second kappa shape index (κ2) is 10.2. The number of carbonyl (C=O) groups excluding carboxylic acids is 1. The van der Waals surface area contributed by atoms with Gasteiger partial charge < -0.3 is 14.8 Å². The third-order valence-corrected chi connectivity index (χ3v) is 6.51. The van der Waals surface area contributed by atoms with Crippen molar-refractivity contribution in [2.24, 2.45) is 0 Å². The number of carbonyl (C=O) groups is 1. The molecule has 3 rings (SSSR count). The molecule has 0 aliphatic rings. The maximum absolute atomic E-state index is 13.4. The summed E-state index contributed by atoms with van der Waals surface area (Å²) in [5, 5.41) is 2.76. The third-order valence-electron chi connectivity index (χ3n) is 4.72. The van der Waals surface area contributed by atoms with E-state index < -0.39 is 22.5 Å². The molecule has 0 unspecified atom stereocenters. The Morgan fingerprint density at radius 1 is 0.969 bits per heavy atom. The Hall–Kier alpha value is -3.52. The zero-order chi connectivity index (χ0) is 23.1. The number of hydrogen-bond acceptors (Lipinski definition) is 5. The van der Waals surface area contributed by atoms with Gasteiger partial charge in [0.2, 0.25) is 5.91 Å².